The molecule has 1 heteroatoms. The molecule has 0 aromatic heterocycles. The topological polar surface area (TPSA) is 9.23 Å². The monoisotopic (exact) mass is 688 g/mol. The molecule has 10 rings (SSSR count). The van der Waals surface area contributed by atoms with Crippen LogP contribution in [0.2, 0.25) is 0 Å². The summed E-state index contributed by atoms with van der Waals surface area (Å²) >= 11 is 0. The highest BCUT2D eigenvalue weighted by molar-refractivity contribution is 6.23. The molecular weight excluding hydrogens is 653 g/mol. The van der Waals surface area contributed by atoms with Crippen LogP contribution in [-0.2, 0) is 0 Å². The fourth-order valence-corrected chi connectivity index (χ4v) is 8.53. The molecule has 0 atom stereocenters. The van der Waals surface area contributed by atoms with Crippen LogP contribution in [0.3, 0.4) is 0 Å². The van der Waals surface area contributed by atoms with Crippen LogP contribution in [-0.4, -0.2) is 7.11 Å². The molecule has 0 bridgehead atoms. The van der Waals surface area contributed by atoms with Gasteiger partial charge in [0, 0.05) is 0 Å². The van der Waals surface area contributed by atoms with E-state index in [2.05, 4.69) is 188 Å². The van der Waals surface area contributed by atoms with E-state index in [0.29, 0.717) is 0 Å². The van der Waals surface area contributed by atoms with Crippen molar-refractivity contribution in [2.75, 3.05) is 7.11 Å². The van der Waals surface area contributed by atoms with Crippen molar-refractivity contribution in [3.8, 4) is 61.4 Å². The molecule has 0 heterocycles. The van der Waals surface area contributed by atoms with Crippen LogP contribution in [0.25, 0.3) is 98.7 Å². The van der Waals surface area contributed by atoms with Gasteiger partial charge in [0.05, 0.1) is 7.11 Å². The van der Waals surface area contributed by atoms with Gasteiger partial charge in [-0.25, -0.2) is 0 Å². The van der Waals surface area contributed by atoms with Crippen LogP contribution in [0.4, 0.5) is 0 Å². The van der Waals surface area contributed by atoms with Gasteiger partial charge in [0.1, 0.15) is 5.75 Å². The number of hydrogen-bond donors (Lipinski definition) is 0. The Balaban J connectivity index is 1.20. The SMILES string of the molecule is COc1ccc(-c2c3ccccc3c(-c3ccc(-c4c5ccccc5c(-c5ccccc5)c5cc(-c6ccccc6)ccc45)cc3)c3ccccc23)cc1. The van der Waals surface area contributed by atoms with Gasteiger partial charge in [-0.15, -0.1) is 0 Å². The van der Waals surface area contributed by atoms with Crippen molar-refractivity contribution in [2.45, 2.75) is 0 Å². The summed E-state index contributed by atoms with van der Waals surface area (Å²) in [7, 11) is 1.71. The van der Waals surface area contributed by atoms with Crippen LogP contribution >= 0.6 is 0 Å². The molecule has 0 amide bonds. The number of hydrogen-bond acceptors (Lipinski definition) is 1. The molecule has 254 valence electrons. The fourth-order valence-electron chi connectivity index (χ4n) is 8.53. The van der Waals surface area contributed by atoms with E-state index in [1.54, 1.807) is 7.11 Å². The Hall–Kier alpha value is -6.96. The molecule has 0 unspecified atom stereocenters. The van der Waals surface area contributed by atoms with Gasteiger partial charge in [-0.1, -0.05) is 182 Å². The molecule has 0 radical (unpaired) electrons. The lowest BCUT2D eigenvalue weighted by Crippen LogP contribution is -1.93. The van der Waals surface area contributed by atoms with Crippen molar-refractivity contribution < 1.29 is 4.74 Å². The summed E-state index contributed by atoms with van der Waals surface area (Å²) in [6.45, 7) is 0. The minimum atomic E-state index is 0.857. The van der Waals surface area contributed by atoms with E-state index in [-0.39, 0.29) is 0 Å². The van der Waals surface area contributed by atoms with Crippen LogP contribution in [0.5, 0.6) is 5.75 Å². The van der Waals surface area contributed by atoms with Gasteiger partial charge in [0.25, 0.3) is 0 Å². The summed E-state index contributed by atoms with van der Waals surface area (Å²) in [5.41, 5.74) is 12.3. The smallest absolute Gasteiger partial charge is 0.118 e. The summed E-state index contributed by atoms with van der Waals surface area (Å²) in [6, 6.07) is 72.8. The predicted octanol–water partition coefficient (Wildman–Crippen LogP) is 14.6. The highest BCUT2D eigenvalue weighted by Gasteiger charge is 2.19. The molecule has 0 aliphatic rings. The summed E-state index contributed by atoms with van der Waals surface area (Å²) in [6.07, 6.45) is 0. The number of benzene rings is 10. The molecule has 0 saturated carbocycles. The maximum absolute atomic E-state index is 5.50. The second-order valence-electron chi connectivity index (χ2n) is 13.9. The average Bonchev–Trinajstić information content (AvgIpc) is 3.25. The highest BCUT2D eigenvalue weighted by atomic mass is 16.5. The maximum atomic E-state index is 5.50. The number of methoxy groups -OCH3 is 1. The summed E-state index contributed by atoms with van der Waals surface area (Å²) in [5, 5.41) is 9.98. The fraction of sp³-hybridized carbons (Fsp3) is 0.0189. The molecule has 0 fully saturated rings. The van der Waals surface area contributed by atoms with Crippen molar-refractivity contribution in [3.05, 3.63) is 200 Å². The van der Waals surface area contributed by atoms with E-state index in [0.717, 1.165) is 5.75 Å². The van der Waals surface area contributed by atoms with Gasteiger partial charge in [-0.05, 0) is 117 Å². The van der Waals surface area contributed by atoms with Crippen molar-refractivity contribution in [3.63, 3.8) is 0 Å². The number of rotatable bonds is 6. The first-order valence-electron chi connectivity index (χ1n) is 18.5. The van der Waals surface area contributed by atoms with Crippen molar-refractivity contribution in [1.82, 2.24) is 0 Å². The molecule has 0 aliphatic heterocycles. The normalized spacial score (nSPS) is 11.4. The Morgan fingerprint density at radius 2 is 0.537 bits per heavy atom. The Bertz CT molecular complexity index is 2920. The lowest BCUT2D eigenvalue weighted by molar-refractivity contribution is 0.415. The molecule has 1 nitrogen and oxygen atoms in total. The van der Waals surface area contributed by atoms with E-state index in [1.165, 1.54) is 98.7 Å². The summed E-state index contributed by atoms with van der Waals surface area (Å²) < 4.78 is 5.50. The quantitative estimate of drug-likeness (QED) is 0.158. The highest BCUT2D eigenvalue weighted by Crippen LogP contribution is 2.47. The van der Waals surface area contributed by atoms with E-state index >= 15 is 0 Å². The predicted molar refractivity (Wildman–Crippen MR) is 230 cm³/mol. The van der Waals surface area contributed by atoms with Gasteiger partial charge < -0.3 is 4.74 Å². The Kier molecular flexibility index (Phi) is 7.78. The lowest BCUT2D eigenvalue weighted by atomic mass is 9.83. The van der Waals surface area contributed by atoms with Gasteiger partial charge in [-0.3, -0.25) is 0 Å². The Morgan fingerprint density at radius 3 is 0.944 bits per heavy atom. The van der Waals surface area contributed by atoms with Crippen LogP contribution in [0, 0.1) is 0 Å². The molecular formula is C53H36O. The molecule has 0 spiro atoms. The maximum Gasteiger partial charge on any atom is 0.118 e. The average molecular weight is 689 g/mol. The third-order valence-corrected chi connectivity index (χ3v) is 11.0. The Morgan fingerprint density at radius 1 is 0.241 bits per heavy atom. The first kappa shape index (κ1) is 31.7. The zero-order chi connectivity index (χ0) is 36.0. The third-order valence-electron chi connectivity index (χ3n) is 11.0. The molecule has 10 aromatic carbocycles. The second-order valence-corrected chi connectivity index (χ2v) is 13.9. The summed E-state index contributed by atoms with van der Waals surface area (Å²) in [4.78, 5) is 0. The largest absolute Gasteiger partial charge is 0.497 e. The summed E-state index contributed by atoms with van der Waals surface area (Å²) in [5.74, 6) is 0.857. The molecule has 10 aromatic rings. The van der Waals surface area contributed by atoms with Crippen LogP contribution in [0.1, 0.15) is 0 Å². The van der Waals surface area contributed by atoms with Crippen LogP contribution < -0.4 is 4.74 Å². The number of ether oxygens (including phenoxy) is 1. The van der Waals surface area contributed by atoms with Crippen molar-refractivity contribution in [1.29, 1.82) is 0 Å². The standard InChI is InChI=1S/C53H36O/c1-54-41-31-28-39(29-32-41)51-44-20-10-8-18-42(44)50(43-19-9-11-21-45(43)51)37-24-26-38(27-25-37)52-46-22-12-13-23-47(46)53(36-16-6-3-7-17-36)49-34-40(30-33-48(49)52)35-14-4-2-5-15-35/h2-34H,1H3. The lowest BCUT2D eigenvalue weighted by Gasteiger charge is -2.20. The van der Waals surface area contributed by atoms with Gasteiger partial charge >= 0.3 is 0 Å². The van der Waals surface area contributed by atoms with Gasteiger partial charge in [0.15, 0.2) is 0 Å². The zero-order valence-electron chi connectivity index (χ0n) is 30.0. The minimum Gasteiger partial charge on any atom is -0.497 e. The molecule has 0 saturated heterocycles. The third kappa shape index (κ3) is 5.25. The molecule has 0 N–H and O–H groups in total. The van der Waals surface area contributed by atoms with Crippen LogP contribution in [0.15, 0.2) is 200 Å². The van der Waals surface area contributed by atoms with E-state index in [4.69, 9.17) is 4.74 Å². The second kappa shape index (κ2) is 13.2. The van der Waals surface area contributed by atoms with Gasteiger partial charge in [-0.2, -0.15) is 0 Å². The van der Waals surface area contributed by atoms with E-state index in [9.17, 15) is 0 Å². The Labute approximate surface area is 315 Å². The first-order chi connectivity index (χ1) is 26.8. The molecule has 0 aliphatic carbocycles. The zero-order valence-corrected chi connectivity index (χ0v) is 30.0. The number of fused-ring (bicyclic) bond motifs is 4. The van der Waals surface area contributed by atoms with Crippen molar-refractivity contribution >= 4 is 43.1 Å². The first-order valence-corrected chi connectivity index (χ1v) is 18.5. The van der Waals surface area contributed by atoms with Crippen molar-refractivity contribution in [2.24, 2.45) is 0 Å². The minimum absolute atomic E-state index is 0.857. The molecule has 54 heavy (non-hydrogen) atoms. The van der Waals surface area contributed by atoms with E-state index < -0.39 is 0 Å². The van der Waals surface area contributed by atoms with Gasteiger partial charge in [0.2, 0.25) is 0 Å². The van der Waals surface area contributed by atoms with E-state index in [1.807, 2.05) is 12.1 Å².